The van der Waals surface area contributed by atoms with Crippen molar-refractivity contribution in [2.75, 3.05) is 18.0 Å². The molecule has 1 aromatic heterocycles. The van der Waals surface area contributed by atoms with Gasteiger partial charge in [-0.05, 0) is 60.7 Å². The second-order valence-electron chi connectivity index (χ2n) is 6.60. The molecule has 27 heavy (non-hydrogen) atoms. The van der Waals surface area contributed by atoms with Gasteiger partial charge in [0.15, 0.2) is 0 Å². The Hall–Kier alpha value is -2.03. The predicted octanol–water partition coefficient (Wildman–Crippen LogP) is 3.73. The van der Waals surface area contributed by atoms with Gasteiger partial charge in [-0.15, -0.1) is 0 Å². The Morgan fingerprint density at radius 2 is 2.00 bits per heavy atom. The van der Waals surface area contributed by atoms with Crippen LogP contribution in [-0.2, 0) is 11.4 Å². The number of hydrogen-bond donors (Lipinski definition) is 2. The number of carbonyl (C=O) groups is 1. The molecule has 0 aliphatic heterocycles. The van der Waals surface area contributed by atoms with Gasteiger partial charge in [0.05, 0.1) is 28.3 Å². The van der Waals surface area contributed by atoms with Crippen molar-refractivity contribution in [3.63, 3.8) is 0 Å². The lowest BCUT2D eigenvalue weighted by atomic mass is 10.0. The smallest absolute Gasteiger partial charge is 0.270 e. The summed E-state index contributed by atoms with van der Waals surface area (Å²) in [6.07, 6.45) is 3.82. The third-order valence-electron chi connectivity index (χ3n) is 4.63. The summed E-state index contributed by atoms with van der Waals surface area (Å²) in [5.74, 6) is 0.246. The Balaban J connectivity index is 1.95. The summed E-state index contributed by atoms with van der Waals surface area (Å²) < 4.78 is 17.4. The Bertz CT molecular complexity index is 1010. The van der Waals surface area contributed by atoms with Gasteiger partial charge < -0.3 is 9.87 Å². The first kappa shape index (κ1) is 18.3. The first-order valence-corrected chi connectivity index (χ1v) is 11.0. The number of fused-ring (bicyclic) bond motifs is 1. The molecular weight excluding hydrogens is 428 g/mol. The molecule has 0 bridgehead atoms. The fourth-order valence-corrected chi connectivity index (χ4v) is 3.98. The van der Waals surface area contributed by atoms with Crippen LogP contribution >= 0.6 is 15.9 Å². The number of halogens is 1. The lowest BCUT2D eigenvalue weighted by Crippen LogP contribution is -2.21. The number of carbonyl (C=O) groups excluding carboxylic acids is 1. The van der Waals surface area contributed by atoms with E-state index in [2.05, 4.69) is 31.1 Å². The van der Waals surface area contributed by atoms with Gasteiger partial charge in [0.25, 0.3) is 5.91 Å². The predicted molar refractivity (Wildman–Crippen MR) is 112 cm³/mol. The van der Waals surface area contributed by atoms with Gasteiger partial charge >= 0.3 is 0 Å². The van der Waals surface area contributed by atoms with Crippen LogP contribution in [0.1, 0.15) is 34.8 Å². The second kappa shape index (κ2) is 7.18. The number of nitrogens with one attached hydrogen (secondary N) is 2. The Morgan fingerprint density at radius 3 is 2.59 bits per heavy atom. The Morgan fingerprint density at radius 1 is 1.30 bits per heavy atom. The monoisotopic (exact) mass is 446 g/mol. The summed E-state index contributed by atoms with van der Waals surface area (Å²) in [4.78, 5) is 12.7. The molecular formula is C19H19BrN4O2S. The summed E-state index contributed by atoms with van der Waals surface area (Å²) in [5, 5.41) is 8.19. The maximum absolute atomic E-state index is 12.7. The van der Waals surface area contributed by atoms with E-state index in [9.17, 15) is 9.35 Å². The summed E-state index contributed by atoms with van der Waals surface area (Å²) in [5.41, 5.74) is 3.91. The van der Waals surface area contributed by atoms with E-state index in [4.69, 9.17) is 0 Å². The van der Waals surface area contributed by atoms with Crippen LogP contribution in [0.25, 0.3) is 16.6 Å². The quantitative estimate of drug-likeness (QED) is 0.584. The lowest BCUT2D eigenvalue weighted by Gasteiger charge is -2.12. The van der Waals surface area contributed by atoms with E-state index in [1.807, 2.05) is 36.4 Å². The number of nitrogens with zero attached hydrogens (tertiary/aromatic N) is 2. The van der Waals surface area contributed by atoms with Crippen LogP contribution in [0.3, 0.4) is 0 Å². The molecule has 140 valence electrons. The van der Waals surface area contributed by atoms with E-state index in [0.29, 0.717) is 17.1 Å². The maximum Gasteiger partial charge on any atom is 0.270 e. The summed E-state index contributed by atoms with van der Waals surface area (Å²) in [6.45, 7) is 0. The fraction of sp³-hybridized carbons (Fsp3) is 0.263. The first-order chi connectivity index (χ1) is 13.0. The summed E-state index contributed by atoms with van der Waals surface area (Å²) in [6, 6.07) is 11.6. The normalized spacial score (nSPS) is 15.0. The SMILES string of the molecule is CNC(=O)c1c2cc(C3CC3)c(N[S+](C)[O-])cc2nn1-c1ccc(Br)cc1. The van der Waals surface area contributed by atoms with Gasteiger partial charge in [0.2, 0.25) is 0 Å². The molecule has 6 nitrogen and oxygen atoms in total. The van der Waals surface area contributed by atoms with Crippen molar-refractivity contribution >= 4 is 49.8 Å². The standard InChI is InChI=1S/C19H19BrN4O2S/c1-21-19(25)18-15-9-14(11-3-4-11)17(23-27(2)26)10-16(15)22-24(18)13-7-5-12(20)6-8-13/h5-11,23H,3-4H2,1-2H3,(H,21,25). The molecule has 4 rings (SSSR count). The zero-order chi connectivity index (χ0) is 19.1. The van der Waals surface area contributed by atoms with Gasteiger partial charge in [0.1, 0.15) is 11.9 Å². The number of amides is 1. The van der Waals surface area contributed by atoms with Crippen LogP contribution in [0, 0.1) is 0 Å². The van der Waals surface area contributed by atoms with Gasteiger partial charge in [-0.25, -0.2) is 9.40 Å². The van der Waals surface area contributed by atoms with Crippen molar-refractivity contribution in [2.24, 2.45) is 0 Å². The van der Waals surface area contributed by atoms with E-state index in [1.165, 1.54) is 0 Å². The number of rotatable bonds is 5. The molecule has 1 heterocycles. The highest BCUT2D eigenvalue weighted by atomic mass is 79.9. The number of aromatic nitrogens is 2. The summed E-state index contributed by atoms with van der Waals surface area (Å²) >= 11 is 2.26. The zero-order valence-electron chi connectivity index (χ0n) is 15.0. The van der Waals surface area contributed by atoms with Crippen molar-refractivity contribution in [1.29, 1.82) is 0 Å². The molecule has 0 saturated heterocycles. The number of benzene rings is 2. The molecule has 0 spiro atoms. The molecule has 1 saturated carbocycles. The highest BCUT2D eigenvalue weighted by Gasteiger charge is 2.29. The molecule has 1 aliphatic carbocycles. The van der Waals surface area contributed by atoms with Crippen molar-refractivity contribution in [2.45, 2.75) is 18.8 Å². The molecule has 0 radical (unpaired) electrons. The van der Waals surface area contributed by atoms with Gasteiger partial charge in [-0.3, -0.25) is 4.79 Å². The minimum atomic E-state index is -1.18. The van der Waals surface area contributed by atoms with Crippen LogP contribution < -0.4 is 10.0 Å². The largest absolute Gasteiger partial charge is 0.593 e. The number of anilines is 1. The molecule has 2 N–H and O–H groups in total. The van der Waals surface area contributed by atoms with E-state index in [1.54, 1.807) is 18.0 Å². The average molecular weight is 447 g/mol. The molecule has 8 heteroatoms. The van der Waals surface area contributed by atoms with Crippen molar-refractivity contribution in [3.8, 4) is 5.69 Å². The van der Waals surface area contributed by atoms with Crippen LogP contribution in [0.4, 0.5) is 5.69 Å². The Kier molecular flexibility index (Phi) is 4.88. The third-order valence-corrected chi connectivity index (χ3v) is 5.66. The Labute approximate surface area is 168 Å². The van der Waals surface area contributed by atoms with Gasteiger partial charge in [0, 0.05) is 16.9 Å². The van der Waals surface area contributed by atoms with Gasteiger partial charge in [-0.2, -0.15) is 5.10 Å². The van der Waals surface area contributed by atoms with Crippen molar-refractivity contribution in [1.82, 2.24) is 15.1 Å². The van der Waals surface area contributed by atoms with E-state index >= 15 is 0 Å². The molecule has 1 atom stereocenters. The van der Waals surface area contributed by atoms with E-state index in [-0.39, 0.29) is 5.91 Å². The molecule has 3 aromatic rings. The zero-order valence-corrected chi connectivity index (χ0v) is 17.4. The first-order valence-electron chi connectivity index (χ1n) is 8.62. The van der Waals surface area contributed by atoms with Crippen LogP contribution in [0.2, 0.25) is 0 Å². The topological polar surface area (TPSA) is 82.0 Å². The fourth-order valence-electron chi connectivity index (χ4n) is 3.23. The van der Waals surface area contributed by atoms with Crippen LogP contribution in [0.5, 0.6) is 0 Å². The summed E-state index contributed by atoms with van der Waals surface area (Å²) in [7, 11) is 1.62. The highest BCUT2D eigenvalue weighted by molar-refractivity contribution is 9.10. The molecule has 2 aromatic carbocycles. The van der Waals surface area contributed by atoms with E-state index in [0.717, 1.165) is 39.6 Å². The molecule has 1 fully saturated rings. The van der Waals surface area contributed by atoms with Crippen molar-refractivity contribution in [3.05, 3.63) is 52.1 Å². The minimum Gasteiger partial charge on any atom is -0.593 e. The number of hydrogen-bond acceptors (Lipinski definition) is 4. The molecule has 1 unspecified atom stereocenters. The van der Waals surface area contributed by atoms with E-state index < -0.39 is 11.4 Å². The molecule has 1 aliphatic rings. The molecule has 1 amide bonds. The maximum atomic E-state index is 12.7. The average Bonchev–Trinajstić information content (AvgIpc) is 3.41. The van der Waals surface area contributed by atoms with Crippen LogP contribution in [0.15, 0.2) is 40.9 Å². The van der Waals surface area contributed by atoms with Gasteiger partial charge in [-0.1, -0.05) is 15.9 Å². The lowest BCUT2D eigenvalue weighted by molar-refractivity contribution is 0.0957. The van der Waals surface area contributed by atoms with Crippen LogP contribution in [-0.4, -0.2) is 33.5 Å². The highest BCUT2D eigenvalue weighted by Crippen LogP contribution is 2.45. The van der Waals surface area contributed by atoms with Crippen molar-refractivity contribution < 1.29 is 9.35 Å². The third kappa shape index (κ3) is 3.56. The second-order valence-corrected chi connectivity index (χ2v) is 8.63. The minimum absolute atomic E-state index is 0.193.